The summed E-state index contributed by atoms with van der Waals surface area (Å²) in [6, 6.07) is 14.7. The Bertz CT molecular complexity index is 876. The standard InChI is InChI=1S/C24H31N3O2/c1-17-4-9-21(14-18(17)2)24(26-15-20-5-6-20)16-25-23(28)27(24)13-12-19-7-10-22(29-3)11-8-19/h4,7-11,14,20,26H,5-6,12-13,15-16H2,1-3H3,(H,25,28). The molecule has 2 aromatic rings. The molecule has 1 saturated heterocycles. The number of aryl methyl sites for hydroxylation is 2. The summed E-state index contributed by atoms with van der Waals surface area (Å²) in [5, 5.41) is 6.87. The maximum absolute atomic E-state index is 12.9. The quantitative estimate of drug-likeness (QED) is 0.718. The molecular weight excluding hydrogens is 362 g/mol. The minimum Gasteiger partial charge on any atom is -0.497 e. The van der Waals surface area contributed by atoms with Crippen LogP contribution in [0.2, 0.25) is 0 Å². The Labute approximate surface area is 173 Å². The summed E-state index contributed by atoms with van der Waals surface area (Å²) in [7, 11) is 1.67. The first kappa shape index (κ1) is 19.8. The number of hydrogen-bond donors (Lipinski definition) is 2. The van der Waals surface area contributed by atoms with E-state index in [-0.39, 0.29) is 6.03 Å². The van der Waals surface area contributed by atoms with Crippen LogP contribution >= 0.6 is 0 Å². The Morgan fingerprint density at radius 1 is 1.14 bits per heavy atom. The van der Waals surface area contributed by atoms with Crippen molar-refractivity contribution in [3.8, 4) is 5.75 Å². The van der Waals surface area contributed by atoms with Gasteiger partial charge in [-0.2, -0.15) is 0 Å². The molecule has 0 bridgehead atoms. The van der Waals surface area contributed by atoms with Gasteiger partial charge in [0.2, 0.25) is 0 Å². The monoisotopic (exact) mass is 393 g/mol. The van der Waals surface area contributed by atoms with Gasteiger partial charge in [-0.15, -0.1) is 0 Å². The molecule has 1 unspecified atom stereocenters. The molecule has 2 aromatic carbocycles. The zero-order valence-electron chi connectivity index (χ0n) is 17.6. The van der Waals surface area contributed by atoms with Crippen molar-refractivity contribution < 1.29 is 9.53 Å². The molecule has 1 heterocycles. The van der Waals surface area contributed by atoms with Crippen molar-refractivity contribution in [1.82, 2.24) is 15.5 Å². The molecule has 5 heteroatoms. The Morgan fingerprint density at radius 3 is 2.55 bits per heavy atom. The summed E-state index contributed by atoms with van der Waals surface area (Å²) in [6.07, 6.45) is 3.36. The molecule has 0 radical (unpaired) electrons. The fraction of sp³-hybridized carbons (Fsp3) is 0.458. The number of benzene rings is 2. The highest BCUT2D eigenvalue weighted by atomic mass is 16.5. The van der Waals surface area contributed by atoms with E-state index in [1.54, 1.807) is 7.11 Å². The van der Waals surface area contributed by atoms with Crippen LogP contribution in [0.15, 0.2) is 42.5 Å². The average Bonchev–Trinajstić information content (AvgIpc) is 3.51. The second-order valence-electron chi connectivity index (χ2n) is 8.39. The maximum atomic E-state index is 12.9. The van der Waals surface area contributed by atoms with Gasteiger partial charge in [0, 0.05) is 13.1 Å². The summed E-state index contributed by atoms with van der Waals surface area (Å²) in [5.74, 6) is 1.58. The van der Waals surface area contributed by atoms with Crippen LogP contribution < -0.4 is 15.4 Å². The summed E-state index contributed by atoms with van der Waals surface area (Å²) in [4.78, 5) is 14.8. The maximum Gasteiger partial charge on any atom is 0.319 e. The molecule has 1 atom stereocenters. The number of hydrogen-bond acceptors (Lipinski definition) is 3. The third-order valence-corrected chi connectivity index (χ3v) is 6.35. The average molecular weight is 394 g/mol. The van der Waals surface area contributed by atoms with Crippen LogP contribution in [0.25, 0.3) is 0 Å². The van der Waals surface area contributed by atoms with E-state index in [9.17, 15) is 4.79 Å². The van der Waals surface area contributed by atoms with Gasteiger partial charge in [-0.1, -0.05) is 30.3 Å². The van der Waals surface area contributed by atoms with E-state index < -0.39 is 5.66 Å². The minimum atomic E-state index is -0.495. The van der Waals surface area contributed by atoms with E-state index in [0.29, 0.717) is 13.1 Å². The molecule has 2 amide bonds. The van der Waals surface area contributed by atoms with Crippen molar-refractivity contribution in [2.24, 2.45) is 5.92 Å². The first-order valence-electron chi connectivity index (χ1n) is 10.5. The lowest BCUT2D eigenvalue weighted by Gasteiger charge is -2.39. The van der Waals surface area contributed by atoms with E-state index in [0.717, 1.165) is 30.2 Å². The number of ether oxygens (including phenoxy) is 1. The zero-order chi connectivity index (χ0) is 20.4. The first-order valence-corrected chi connectivity index (χ1v) is 10.5. The SMILES string of the molecule is COc1ccc(CCN2C(=O)NCC2(NCC2CC2)c2ccc(C)c(C)c2)cc1. The molecule has 29 heavy (non-hydrogen) atoms. The third-order valence-electron chi connectivity index (χ3n) is 6.35. The second-order valence-corrected chi connectivity index (χ2v) is 8.39. The minimum absolute atomic E-state index is 0.0000340. The highest BCUT2D eigenvalue weighted by Crippen LogP contribution is 2.34. The predicted molar refractivity (Wildman–Crippen MR) is 115 cm³/mol. The lowest BCUT2D eigenvalue weighted by molar-refractivity contribution is 0.124. The van der Waals surface area contributed by atoms with Crippen molar-refractivity contribution in [3.63, 3.8) is 0 Å². The van der Waals surface area contributed by atoms with E-state index >= 15 is 0 Å². The highest BCUT2D eigenvalue weighted by molar-refractivity contribution is 5.78. The van der Waals surface area contributed by atoms with Gasteiger partial charge in [-0.3, -0.25) is 5.32 Å². The zero-order valence-corrected chi connectivity index (χ0v) is 17.6. The van der Waals surface area contributed by atoms with Crippen LogP contribution in [0.1, 0.15) is 35.1 Å². The smallest absolute Gasteiger partial charge is 0.319 e. The number of nitrogens with one attached hydrogen (secondary N) is 2. The van der Waals surface area contributed by atoms with Gasteiger partial charge in [0.25, 0.3) is 0 Å². The van der Waals surface area contributed by atoms with E-state index in [4.69, 9.17) is 4.74 Å². The van der Waals surface area contributed by atoms with Crippen LogP contribution in [0, 0.1) is 19.8 Å². The summed E-state index contributed by atoms with van der Waals surface area (Å²) >= 11 is 0. The molecule has 4 rings (SSSR count). The lowest BCUT2D eigenvalue weighted by Crippen LogP contribution is -2.56. The van der Waals surface area contributed by atoms with Gasteiger partial charge in [0.15, 0.2) is 0 Å². The van der Waals surface area contributed by atoms with Crippen molar-refractivity contribution in [2.45, 2.75) is 38.8 Å². The topological polar surface area (TPSA) is 53.6 Å². The molecule has 5 nitrogen and oxygen atoms in total. The molecule has 1 saturated carbocycles. The highest BCUT2D eigenvalue weighted by Gasteiger charge is 2.47. The predicted octanol–water partition coefficient (Wildman–Crippen LogP) is 3.73. The van der Waals surface area contributed by atoms with Gasteiger partial charge < -0.3 is 15.0 Å². The van der Waals surface area contributed by atoms with Crippen molar-refractivity contribution in [3.05, 3.63) is 64.7 Å². The van der Waals surface area contributed by atoms with Crippen LogP contribution in [-0.4, -0.2) is 37.7 Å². The summed E-state index contributed by atoms with van der Waals surface area (Å²) < 4.78 is 5.25. The number of carbonyl (C=O) groups is 1. The summed E-state index contributed by atoms with van der Waals surface area (Å²) in [5.41, 5.74) is 4.39. The van der Waals surface area contributed by atoms with Gasteiger partial charge >= 0.3 is 6.03 Å². The first-order chi connectivity index (χ1) is 14.0. The Hall–Kier alpha value is -2.53. The molecule has 1 aliphatic heterocycles. The van der Waals surface area contributed by atoms with Crippen LogP contribution in [0.4, 0.5) is 4.79 Å². The number of nitrogens with zero attached hydrogens (tertiary/aromatic N) is 1. The van der Waals surface area contributed by atoms with Crippen molar-refractivity contribution in [1.29, 1.82) is 0 Å². The van der Waals surface area contributed by atoms with E-state index in [1.165, 1.54) is 29.5 Å². The van der Waals surface area contributed by atoms with Crippen LogP contribution in [0.3, 0.4) is 0 Å². The van der Waals surface area contributed by atoms with Gasteiger partial charge in [0.1, 0.15) is 11.4 Å². The van der Waals surface area contributed by atoms with E-state index in [1.807, 2.05) is 17.0 Å². The normalized spacial score (nSPS) is 21.3. The molecule has 0 aromatic heterocycles. The fourth-order valence-corrected chi connectivity index (χ4v) is 4.04. The van der Waals surface area contributed by atoms with Crippen molar-refractivity contribution >= 4 is 6.03 Å². The van der Waals surface area contributed by atoms with Crippen molar-refractivity contribution in [2.75, 3.05) is 26.7 Å². The number of rotatable bonds is 8. The molecule has 2 N–H and O–H groups in total. The lowest BCUT2D eigenvalue weighted by atomic mass is 9.94. The van der Waals surface area contributed by atoms with Gasteiger partial charge in [0.05, 0.1) is 13.7 Å². The molecule has 0 spiro atoms. The third kappa shape index (κ3) is 4.10. The number of urea groups is 1. The Kier molecular flexibility index (Phi) is 5.50. The number of methoxy groups -OCH3 is 1. The molecular formula is C24H31N3O2. The van der Waals surface area contributed by atoms with E-state index in [2.05, 4.69) is 54.8 Å². The summed E-state index contributed by atoms with van der Waals surface area (Å²) in [6.45, 7) is 6.45. The molecule has 1 aliphatic carbocycles. The molecule has 2 fully saturated rings. The van der Waals surface area contributed by atoms with Gasteiger partial charge in [-0.25, -0.2) is 4.79 Å². The largest absolute Gasteiger partial charge is 0.497 e. The molecule has 154 valence electrons. The van der Waals surface area contributed by atoms with Gasteiger partial charge in [-0.05, 0) is 73.4 Å². The Morgan fingerprint density at radius 2 is 1.90 bits per heavy atom. The van der Waals surface area contributed by atoms with Crippen LogP contribution in [0.5, 0.6) is 5.75 Å². The number of carbonyl (C=O) groups excluding carboxylic acids is 1. The molecule has 2 aliphatic rings. The Balaban J connectivity index is 1.60. The second kappa shape index (κ2) is 8.07. The number of amides is 2. The fourth-order valence-electron chi connectivity index (χ4n) is 4.04. The van der Waals surface area contributed by atoms with Crippen LogP contribution in [-0.2, 0) is 12.1 Å².